The van der Waals surface area contributed by atoms with Crippen LogP contribution < -0.4 is 0 Å². The lowest BCUT2D eigenvalue weighted by atomic mass is 10.2. The van der Waals surface area contributed by atoms with Gasteiger partial charge in [-0.25, -0.2) is 0 Å². The van der Waals surface area contributed by atoms with E-state index in [4.69, 9.17) is 5.11 Å². The number of nitrogens with zero attached hydrogens (tertiary/aromatic N) is 2. The maximum atomic E-state index is 10.3. The first-order chi connectivity index (χ1) is 5.59. The molecule has 0 amide bonds. The summed E-state index contributed by atoms with van der Waals surface area (Å²) in [7, 11) is 0. The number of carbonyl (C=O) groups is 1. The average Bonchev–Trinajstić information content (AvgIpc) is 2.34. The Kier molecular flexibility index (Phi) is 2.47. The van der Waals surface area contributed by atoms with Gasteiger partial charge in [0, 0.05) is 6.20 Å². The molecule has 0 fully saturated rings. The molecular weight excluding hydrogens is 156 g/mol. The standard InChI is InChI=1S/C8H12N2O2/c1-6-4-9-10(5-6)7(2)3-8(11)12/h4-5,7H,3H2,1-2H3,(H,11,12)/t7-/m1/s1. The van der Waals surface area contributed by atoms with Crippen molar-refractivity contribution in [2.45, 2.75) is 26.3 Å². The van der Waals surface area contributed by atoms with Crippen molar-refractivity contribution in [2.75, 3.05) is 0 Å². The van der Waals surface area contributed by atoms with Crippen molar-refractivity contribution >= 4 is 5.97 Å². The molecule has 0 saturated carbocycles. The molecule has 1 rings (SSSR count). The molecule has 1 aromatic rings. The number of aromatic nitrogens is 2. The third kappa shape index (κ3) is 2.08. The van der Waals surface area contributed by atoms with Crippen molar-refractivity contribution in [1.29, 1.82) is 0 Å². The van der Waals surface area contributed by atoms with E-state index in [1.165, 1.54) is 0 Å². The van der Waals surface area contributed by atoms with Gasteiger partial charge in [-0.1, -0.05) is 0 Å². The zero-order valence-corrected chi connectivity index (χ0v) is 7.19. The molecule has 0 aliphatic rings. The van der Waals surface area contributed by atoms with Crippen molar-refractivity contribution in [3.63, 3.8) is 0 Å². The molecule has 0 unspecified atom stereocenters. The Morgan fingerprint density at radius 3 is 2.92 bits per heavy atom. The fraction of sp³-hybridized carbons (Fsp3) is 0.500. The molecule has 0 radical (unpaired) electrons. The summed E-state index contributed by atoms with van der Waals surface area (Å²) in [5, 5.41) is 12.5. The van der Waals surface area contributed by atoms with Gasteiger partial charge in [-0.3, -0.25) is 9.48 Å². The van der Waals surface area contributed by atoms with Gasteiger partial charge in [-0.2, -0.15) is 5.10 Å². The smallest absolute Gasteiger partial charge is 0.305 e. The minimum atomic E-state index is -0.796. The van der Waals surface area contributed by atoms with Crippen molar-refractivity contribution in [1.82, 2.24) is 9.78 Å². The van der Waals surface area contributed by atoms with E-state index < -0.39 is 5.97 Å². The van der Waals surface area contributed by atoms with E-state index in [1.54, 1.807) is 10.9 Å². The Morgan fingerprint density at radius 1 is 1.83 bits per heavy atom. The molecule has 0 aliphatic carbocycles. The summed E-state index contributed by atoms with van der Waals surface area (Å²) < 4.78 is 1.67. The van der Waals surface area contributed by atoms with Gasteiger partial charge < -0.3 is 5.11 Å². The van der Waals surface area contributed by atoms with Crippen LogP contribution in [0.2, 0.25) is 0 Å². The van der Waals surface area contributed by atoms with Crippen LogP contribution >= 0.6 is 0 Å². The normalized spacial score (nSPS) is 12.8. The Bertz CT molecular complexity index is 280. The first-order valence-electron chi connectivity index (χ1n) is 3.82. The second kappa shape index (κ2) is 3.38. The lowest BCUT2D eigenvalue weighted by Crippen LogP contribution is -2.10. The molecule has 1 N–H and O–H groups in total. The molecule has 0 aliphatic heterocycles. The summed E-state index contributed by atoms with van der Waals surface area (Å²) in [4.78, 5) is 10.3. The van der Waals surface area contributed by atoms with Gasteiger partial charge in [0.2, 0.25) is 0 Å². The highest BCUT2D eigenvalue weighted by Gasteiger charge is 2.09. The van der Waals surface area contributed by atoms with Gasteiger partial charge in [0.05, 0.1) is 18.7 Å². The minimum absolute atomic E-state index is 0.0730. The second-order valence-electron chi connectivity index (χ2n) is 2.94. The van der Waals surface area contributed by atoms with E-state index >= 15 is 0 Å². The third-order valence-electron chi connectivity index (χ3n) is 1.65. The number of rotatable bonds is 3. The van der Waals surface area contributed by atoms with Crippen LogP contribution in [0, 0.1) is 6.92 Å². The molecule has 1 heterocycles. The van der Waals surface area contributed by atoms with E-state index in [0.717, 1.165) is 5.56 Å². The predicted octanol–water partition coefficient (Wildman–Crippen LogP) is 1.23. The SMILES string of the molecule is Cc1cnn([C@H](C)CC(=O)O)c1. The van der Waals surface area contributed by atoms with Gasteiger partial charge in [0.25, 0.3) is 0 Å². The van der Waals surface area contributed by atoms with Gasteiger partial charge >= 0.3 is 5.97 Å². The van der Waals surface area contributed by atoms with E-state index in [9.17, 15) is 4.79 Å². The van der Waals surface area contributed by atoms with Crippen LogP contribution in [-0.4, -0.2) is 20.9 Å². The predicted molar refractivity (Wildman–Crippen MR) is 43.9 cm³/mol. The quantitative estimate of drug-likeness (QED) is 0.738. The second-order valence-corrected chi connectivity index (χ2v) is 2.94. The molecule has 1 atom stereocenters. The molecule has 0 spiro atoms. The number of aliphatic carboxylic acids is 1. The third-order valence-corrected chi connectivity index (χ3v) is 1.65. The zero-order chi connectivity index (χ0) is 9.14. The summed E-state index contributed by atoms with van der Waals surface area (Å²) in [5.41, 5.74) is 1.05. The summed E-state index contributed by atoms with van der Waals surface area (Å²) >= 11 is 0. The molecule has 0 aromatic carbocycles. The average molecular weight is 168 g/mol. The molecule has 4 nitrogen and oxygen atoms in total. The van der Waals surface area contributed by atoms with Crippen molar-refractivity contribution in [2.24, 2.45) is 0 Å². The highest BCUT2D eigenvalue weighted by atomic mass is 16.4. The Balaban J connectivity index is 2.64. The van der Waals surface area contributed by atoms with Gasteiger partial charge in [-0.15, -0.1) is 0 Å². The maximum Gasteiger partial charge on any atom is 0.305 e. The summed E-state index contributed by atoms with van der Waals surface area (Å²) in [5.74, 6) is -0.796. The molecule has 12 heavy (non-hydrogen) atoms. The largest absolute Gasteiger partial charge is 0.481 e. The first kappa shape index (κ1) is 8.77. The Labute approximate surface area is 70.8 Å². The van der Waals surface area contributed by atoms with Crippen LogP contribution in [0.4, 0.5) is 0 Å². The monoisotopic (exact) mass is 168 g/mol. The fourth-order valence-corrected chi connectivity index (χ4v) is 1.02. The molecule has 66 valence electrons. The van der Waals surface area contributed by atoms with Crippen LogP contribution in [0.1, 0.15) is 24.9 Å². The van der Waals surface area contributed by atoms with Crippen molar-refractivity contribution < 1.29 is 9.90 Å². The summed E-state index contributed by atoms with van der Waals surface area (Å²) in [6.45, 7) is 3.76. The highest BCUT2D eigenvalue weighted by molar-refractivity contribution is 5.67. The van der Waals surface area contributed by atoms with E-state index in [-0.39, 0.29) is 12.5 Å². The van der Waals surface area contributed by atoms with E-state index in [1.807, 2.05) is 20.0 Å². The van der Waals surface area contributed by atoms with E-state index in [0.29, 0.717) is 0 Å². The molecule has 1 aromatic heterocycles. The first-order valence-corrected chi connectivity index (χ1v) is 3.82. The number of aryl methyl sites for hydroxylation is 1. The van der Waals surface area contributed by atoms with Crippen LogP contribution in [0.15, 0.2) is 12.4 Å². The molecule has 0 saturated heterocycles. The summed E-state index contributed by atoms with van der Waals surface area (Å²) in [6.07, 6.45) is 3.67. The summed E-state index contributed by atoms with van der Waals surface area (Å²) in [6, 6.07) is -0.0730. The topological polar surface area (TPSA) is 55.1 Å². The van der Waals surface area contributed by atoms with Crippen molar-refractivity contribution in [3.8, 4) is 0 Å². The maximum absolute atomic E-state index is 10.3. The number of carboxylic acids is 1. The Morgan fingerprint density at radius 2 is 2.50 bits per heavy atom. The van der Waals surface area contributed by atoms with Gasteiger partial charge in [0.1, 0.15) is 0 Å². The fourth-order valence-electron chi connectivity index (χ4n) is 1.02. The number of carboxylic acid groups (broad SMARTS) is 1. The van der Waals surface area contributed by atoms with Crippen molar-refractivity contribution in [3.05, 3.63) is 18.0 Å². The van der Waals surface area contributed by atoms with Crippen LogP contribution in [0.5, 0.6) is 0 Å². The van der Waals surface area contributed by atoms with Crippen LogP contribution in [0.3, 0.4) is 0 Å². The van der Waals surface area contributed by atoms with Crippen LogP contribution in [0.25, 0.3) is 0 Å². The minimum Gasteiger partial charge on any atom is -0.481 e. The van der Waals surface area contributed by atoms with Crippen LogP contribution in [-0.2, 0) is 4.79 Å². The Hall–Kier alpha value is -1.32. The molecule has 4 heteroatoms. The number of hydrogen-bond acceptors (Lipinski definition) is 2. The van der Waals surface area contributed by atoms with Gasteiger partial charge in [-0.05, 0) is 19.4 Å². The molecular formula is C8H12N2O2. The number of hydrogen-bond donors (Lipinski definition) is 1. The molecule has 0 bridgehead atoms. The zero-order valence-electron chi connectivity index (χ0n) is 7.19. The lowest BCUT2D eigenvalue weighted by molar-refractivity contribution is -0.137. The van der Waals surface area contributed by atoms with Gasteiger partial charge in [0.15, 0.2) is 0 Å². The highest BCUT2D eigenvalue weighted by Crippen LogP contribution is 2.09. The van der Waals surface area contributed by atoms with E-state index in [2.05, 4.69) is 5.10 Å². The lowest BCUT2D eigenvalue weighted by Gasteiger charge is -2.07.